The number of carbonyl (C=O) groups excluding carboxylic acids is 1. The number of nitrogens with zero attached hydrogens (tertiary/aromatic N) is 1. The fraction of sp³-hybridized carbons (Fsp3) is 0.409. The van der Waals surface area contributed by atoms with Crippen molar-refractivity contribution in [1.82, 2.24) is 4.72 Å². The topological polar surface area (TPSA) is 119 Å². The van der Waals surface area contributed by atoms with Crippen molar-refractivity contribution < 1.29 is 31.1 Å². The summed E-state index contributed by atoms with van der Waals surface area (Å²) in [6.07, 6.45) is 1.31. The summed E-state index contributed by atoms with van der Waals surface area (Å²) in [6, 6.07) is 12.0. The van der Waals surface area contributed by atoms with E-state index in [1.165, 1.54) is 29.6 Å². The second kappa shape index (κ2) is 10.5. The number of hydrogen-bond acceptors (Lipinski definition) is 7. The lowest BCUT2D eigenvalue weighted by Gasteiger charge is -2.29. The largest absolute Gasteiger partial charge is 0.492 e. The Morgan fingerprint density at radius 3 is 2.52 bits per heavy atom. The SMILES string of the molecule is CCOc1ccc(N2CCCCS2(=O)=O)cc1S(=O)(=O)N[C@@H](Cc1ccccc1)C(=O)OC. The van der Waals surface area contributed by atoms with Gasteiger partial charge in [0.2, 0.25) is 20.0 Å². The first kappa shape index (κ1) is 25.0. The Balaban J connectivity index is 1.99. The van der Waals surface area contributed by atoms with E-state index in [1.54, 1.807) is 31.2 Å². The van der Waals surface area contributed by atoms with Crippen LogP contribution in [0.3, 0.4) is 0 Å². The molecule has 0 saturated carbocycles. The van der Waals surface area contributed by atoms with Crippen molar-refractivity contribution in [3.8, 4) is 5.75 Å². The Kier molecular flexibility index (Phi) is 7.98. The third-order valence-electron chi connectivity index (χ3n) is 5.22. The van der Waals surface area contributed by atoms with Gasteiger partial charge >= 0.3 is 5.97 Å². The average Bonchev–Trinajstić information content (AvgIpc) is 2.79. The summed E-state index contributed by atoms with van der Waals surface area (Å²) in [7, 11) is -6.64. The highest BCUT2D eigenvalue weighted by Crippen LogP contribution is 2.32. The molecule has 9 nitrogen and oxygen atoms in total. The van der Waals surface area contributed by atoms with Crippen molar-refractivity contribution in [2.75, 3.05) is 30.3 Å². The third kappa shape index (κ3) is 6.04. The minimum absolute atomic E-state index is 0.00202. The molecule has 1 heterocycles. The zero-order chi connectivity index (χ0) is 24.1. The summed E-state index contributed by atoms with van der Waals surface area (Å²) in [5.41, 5.74) is 0.977. The highest BCUT2D eigenvalue weighted by molar-refractivity contribution is 7.92. The molecule has 2 aromatic rings. The van der Waals surface area contributed by atoms with E-state index >= 15 is 0 Å². The number of nitrogens with one attached hydrogen (secondary N) is 1. The molecule has 0 unspecified atom stereocenters. The Morgan fingerprint density at radius 1 is 1.15 bits per heavy atom. The normalized spacial score (nSPS) is 16.7. The van der Waals surface area contributed by atoms with Crippen LogP contribution in [0.1, 0.15) is 25.3 Å². The Morgan fingerprint density at radius 2 is 1.88 bits per heavy atom. The van der Waals surface area contributed by atoms with Crippen LogP contribution in [0.15, 0.2) is 53.4 Å². The van der Waals surface area contributed by atoms with Crippen LogP contribution in [0.5, 0.6) is 5.75 Å². The van der Waals surface area contributed by atoms with Gasteiger partial charge in [-0.15, -0.1) is 0 Å². The van der Waals surface area contributed by atoms with Crippen LogP contribution in [-0.4, -0.2) is 54.9 Å². The summed E-state index contributed by atoms with van der Waals surface area (Å²) in [5, 5.41) is 0. The van der Waals surface area contributed by atoms with Gasteiger partial charge in [-0.25, -0.2) is 16.8 Å². The smallest absolute Gasteiger partial charge is 0.324 e. The fourth-order valence-electron chi connectivity index (χ4n) is 3.63. The first-order chi connectivity index (χ1) is 15.7. The molecule has 3 rings (SSSR count). The van der Waals surface area contributed by atoms with Crippen LogP contribution in [-0.2, 0) is 36.0 Å². The minimum atomic E-state index is -4.28. The maximum absolute atomic E-state index is 13.4. The lowest BCUT2D eigenvalue weighted by Crippen LogP contribution is -2.43. The van der Waals surface area contributed by atoms with E-state index in [-0.39, 0.29) is 41.7 Å². The van der Waals surface area contributed by atoms with Gasteiger partial charge in [-0.3, -0.25) is 9.10 Å². The van der Waals surface area contributed by atoms with Crippen molar-refractivity contribution in [2.24, 2.45) is 0 Å². The van der Waals surface area contributed by atoms with Gasteiger partial charge < -0.3 is 9.47 Å². The second-order valence-electron chi connectivity index (χ2n) is 7.55. The predicted octanol–water partition coefficient (Wildman–Crippen LogP) is 2.08. The molecular weight excluding hydrogens is 468 g/mol. The van der Waals surface area contributed by atoms with Crippen LogP contribution in [0.25, 0.3) is 0 Å². The van der Waals surface area contributed by atoms with E-state index in [2.05, 4.69) is 4.72 Å². The zero-order valence-corrected chi connectivity index (χ0v) is 20.2. The maximum Gasteiger partial charge on any atom is 0.324 e. The standard InChI is InChI=1S/C22H28N2O7S2/c1-3-31-20-12-11-18(24-13-7-8-14-32(24,26)27)16-21(20)33(28,29)23-19(22(25)30-2)15-17-9-5-4-6-10-17/h4-6,9-12,16,19,23H,3,7-8,13-15H2,1-2H3/t19-/m0/s1. The Bertz CT molecular complexity index is 1180. The van der Waals surface area contributed by atoms with Crippen molar-refractivity contribution in [2.45, 2.75) is 37.1 Å². The zero-order valence-electron chi connectivity index (χ0n) is 18.6. The van der Waals surface area contributed by atoms with Crippen LogP contribution >= 0.6 is 0 Å². The highest BCUT2D eigenvalue weighted by Gasteiger charge is 2.31. The number of anilines is 1. The summed E-state index contributed by atoms with van der Waals surface area (Å²) < 4.78 is 65.7. The van der Waals surface area contributed by atoms with Crippen LogP contribution in [0, 0.1) is 0 Å². The van der Waals surface area contributed by atoms with E-state index in [1.807, 2.05) is 6.07 Å². The number of rotatable bonds is 9. The van der Waals surface area contributed by atoms with Gasteiger partial charge in [0, 0.05) is 6.54 Å². The van der Waals surface area contributed by atoms with E-state index in [9.17, 15) is 21.6 Å². The van der Waals surface area contributed by atoms with Crippen molar-refractivity contribution in [3.05, 3.63) is 54.1 Å². The lowest BCUT2D eigenvalue weighted by molar-refractivity contribution is -0.142. The Hall–Kier alpha value is -2.63. The fourth-order valence-corrected chi connectivity index (χ4v) is 6.61. The number of hydrogen-bond donors (Lipinski definition) is 1. The minimum Gasteiger partial charge on any atom is -0.492 e. The van der Waals surface area contributed by atoms with Gasteiger partial charge in [0.25, 0.3) is 0 Å². The number of methoxy groups -OCH3 is 1. The third-order valence-corrected chi connectivity index (χ3v) is 8.58. The molecule has 0 aliphatic carbocycles. The molecule has 0 radical (unpaired) electrons. The Labute approximate surface area is 194 Å². The monoisotopic (exact) mass is 496 g/mol. The van der Waals surface area contributed by atoms with Crippen LogP contribution < -0.4 is 13.8 Å². The molecule has 180 valence electrons. The predicted molar refractivity (Wildman–Crippen MR) is 124 cm³/mol. The summed E-state index contributed by atoms with van der Waals surface area (Å²) >= 11 is 0. The van der Waals surface area contributed by atoms with E-state index in [0.717, 1.165) is 5.56 Å². The van der Waals surface area contributed by atoms with Crippen LogP contribution in [0.4, 0.5) is 5.69 Å². The lowest BCUT2D eigenvalue weighted by atomic mass is 10.1. The quantitative estimate of drug-likeness (QED) is 0.528. The molecule has 0 bridgehead atoms. The molecule has 1 saturated heterocycles. The van der Waals surface area contributed by atoms with E-state index in [4.69, 9.17) is 9.47 Å². The van der Waals surface area contributed by atoms with Gasteiger partial charge in [-0.05, 0) is 49.9 Å². The molecule has 33 heavy (non-hydrogen) atoms. The highest BCUT2D eigenvalue weighted by atomic mass is 32.2. The number of ether oxygens (including phenoxy) is 2. The molecule has 1 fully saturated rings. The number of carbonyl (C=O) groups is 1. The van der Waals surface area contributed by atoms with Gasteiger partial charge in [0.1, 0.15) is 16.7 Å². The van der Waals surface area contributed by atoms with Gasteiger partial charge in [-0.2, -0.15) is 4.72 Å². The van der Waals surface area contributed by atoms with Gasteiger partial charge in [0.15, 0.2) is 0 Å². The summed E-state index contributed by atoms with van der Waals surface area (Å²) in [4.78, 5) is 12.1. The molecule has 1 aliphatic rings. The van der Waals surface area contributed by atoms with E-state index in [0.29, 0.717) is 12.8 Å². The van der Waals surface area contributed by atoms with Crippen molar-refractivity contribution >= 4 is 31.7 Å². The molecular formula is C22H28N2O7S2. The van der Waals surface area contributed by atoms with E-state index < -0.39 is 32.1 Å². The molecule has 0 spiro atoms. The summed E-state index contributed by atoms with van der Waals surface area (Å²) in [6.45, 7) is 2.18. The molecule has 1 N–H and O–H groups in total. The second-order valence-corrected chi connectivity index (χ2v) is 11.2. The molecule has 0 amide bonds. The number of benzene rings is 2. The first-order valence-corrected chi connectivity index (χ1v) is 13.7. The molecule has 11 heteroatoms. The molecule has 1 aliphatic heterocycles. The van der Waals surface area contributed by atoms with Gasteiger partial charge in [0.05, 0.1) is 25.2 Å². The number of esters is 1. The first-order valence-electron chi connectivity index (χ1n) is 10.6. The maximum atomic E-state index is 13.4. The average molecular weight is 497 g/mol. The van der Waals surface area contributed by atoms with Crippen molar-refractivity contribution in [1.29, 1.82) is 0 Å². The van der Waals surface area contributed by atoms with Crippen molar-refractivity contribution in [3.63, 3.8) is 0 Å². The summed E-state index contributed by atoms with van der Waals surface area (Å²) in [5.74, 6) is -0.677. The number of sulfonamides is 2. The molecule has 1 atom stereocenters. The van der Waals surface area contributed by atoms with Gasteiger partial charge in [-0.1, -0.05) is 30.3 Å². The molecule has 0 aromatic heterocycles. The van der Waals surface area contributed by atoms with Crippen LogP contribution in [0.2, 0.25) is 0 Å². The molecule has 2 aromatic carbocycles.